The Morgan fingerprint density at radius 3 is 2.63 bits per heavy atom. The second-order valence-corrected chi connectivity index (χ2v) is 9.97. The van der Waals surface area contributed by atoms with Crippen molar-refractivity contribution in [1.29, 1.82) is 0 Å². The maximum absolute atomic E-state index is 14.7. The van der Waals surface area contributed by atoms with E-state index in [9.17, 15) is 27.0 Å². The molecule has 6 nitrogen and oxygen atoms in total. The molecule has 4 aromatic rings. The van der Waals surface area contributed by atoms with Crippen molar-refractivity contribution in [3.8, 4) is 11.1 Å². The van der Waals surface area contributed by atoms with Gasteiger partial charge in [0.25, 0.3) is 11.5 Å². The minimum Gasteiger partial charge on any atom is -0.331 e. The number of H-pyrrole nitrogens is 1. The Labute approximate surface area is 200 Å². The monoisotopic (exact) mass is 499 g/mol. The molecule has 10 heteroatoms. The summed E-state index contributed by atoms with van der Waals surface area (Å²) in [5.74, 6) is -2.73. The standard InChI is InChI=1S/C25H20F3N3O3S/c1-13-9-18-21(11-20(13)28)31(12-14-10-15(26)4-7-19(14)27)23(25(33)30-35(34)16-5-6-16)22(18)17-3-2-8-29-24(17)32/h2-4,7-11,16H,5-6,12H2,1H3,(H,29,32)(H,30,33). The largest absolute Gasteiger partial charge is 0.331 e. The first kappa shape index (κ1) is 23.1. The average Bonchev–Trinajstić information content (AvgIpc) is 3.62. The summed E-state index contributed by atoms with van der Waals surface area (Å²) in [6, 6.07) is 8.70. The van der Waals surface area contributed by atoms with Crippen LogP contribution in [0.4, 0.5) is 13.2 Å². The first-order valence-electron chi connectivity index (χ1n) is 10.9. The zero-order chi connectivity index (χ0) is 24.9. The number of carbonyl (C=O) groups is 1. The Balaban J connectivity index is 1.82. The predicted molar refractivity (Wildman–Crippen MR) is 127 cm³/mol. The molecule has 1 aliphatic carbocycles. The molecular formula is C25H20F3N3O3S. The lowest BCUT2D eigenvalue weighted by Crippen LogP contribution is -2.30. The van der Waals surface area contributed by atoms with Gasteiger partial charge in [-0.05, 0) is 67.8 Å². The molecule has 0 spiro atoms. The molecule has 1 aliphatic rings. The number of aromatic nitrogens is 2. The molecule has 5 rings (SSSR count). The first-order valence-corrected chi connectivity index (χ1v) is 12.1. The number of nitrogens with zero attached hydrogens (tertiary/aromatic N) is 1. The lowest BCUT2D eigenvalue weighted by molar-refractivity contribution is 0.0975. The van der Waals surface area contributed by atoms with Crippen LogP contribution in [0.15, 0.2) is 53.5 Å². The van der Waals surface area contributed by atoms with E-state index in [2.05, 4.69) is 9.71 Å². The molecule has 0 bridgehead atoms. The summed E-state index contributed by atoms with van der Waals surface area (Å²) in [5, 5.41) is 0.209. The summed E-state index contributed by atoms with van der Waals surface area (Å²) in [6.45, 7) is 1.21. The molecular weight excluding hydrogens is 479 g/mol. The van der Waals surface area contributed by atoms with E-state index >= 15 is 0 Å². The minimum absolute atomic E-state index is 0.0752. The SMILES string of the molecule is Cc1cc2c(-c3ccc[nH]c3=O)c(C(=O)NS(=O)C3CC3)n(Cc3cc(F)ccc3F)c2cc1F. The van der Waals surface area contributed by atoms with E-state index in [4.69, 9.17) is 0 Å². The molecule has 2 heterocycles. The second kappa shape index (κ2) is 8.84. The molecule has 1 saturated carbocycles. The van der Waals surface area contributed by atoms with Crippen LogP contribution in [0.1, 0.15) is 34.5 Å². The maximum Gasteiger partial charge on any atom is 0.280 e. The molecule has 0 aliphatic heterocycles. The number of halogens is 3. The summed E-state index contributed by atoms with van der Waals surface area (Å²) < 4.78 is 59.5. The fraction of sp³-hybridized carbons (Fsp3) is 0.200. The van der Waals surface area contributed by atoms with E-state index in [0.29, 0.717) is 18.2 Å². The van der Waals surface area contributed by atoms with Gasteiger partial charge in [-0.2, -0.15) is 0 Å². The fourth-order valence-corrected chi connectivity index (χ4v) is 5.12. The number of benzene rings is 2. The molecule has 1 atom stereocenters. The van der Waals surface area contributed by atoms with E-state index in [1.54, 1.807) is 13.0 Å². The number of aromatic amines is 1. The van der Waals surface area contributed by atoms with Crippen molar-refractivity contribution in [1.82, 2.24) is 14.3 Å². The number of amides is 1. The third-order valence-electron chi connectivity index (χ3n) is 6.00. The Bertz CT molecular complexity index is 1570. The van der Waals surface area contributed by atoms with E-state index < -0.39 is 39.9 Å². The van der Waals surface area contributed by atoms with Crippen LogP contribution in [0.5, 0.6) is 0 Å². The number of carbonyl (C=O) groups excluding carboxylic acids is 1. The zero-order valence-corrected chi connectivity index (χ0v) is 19.3. The van der Waals surface area contributed by atoms with Crippen LogP contribution in [-0.4, -0.2) is 24.9 Å². The lowest BCUT2D eigenvalue weighted by atomic mass is 10.0. The second-order valence-electron chi connectivity index (χ2n) is 8.50. The van der Waals surface area contributed by atoms with Crippen LogP contribution >= 0.6 is 0 Å². The van der Waals surface area contributed by atoms with Crippen molar-refractivity contribution in [2.45, 2.75) is 31.6 Å². The summed E-state index contributed by atoms with van der Waals surface area (Å²) in [7, 11) is -1.66. The number of rotatable bonds is 6. The van der Waals surface area contributed by atoms with Crippen molar-refractivity contribution in [2.75, 3.05) is 0 Å². The zero-order valence-electron chi connectivity index (χ0n) is 18.5. The normalized spacial score (nSPS) is 14.3. The van der Waals surface area contributed by atoms with Crippen LogP contribution in [0.2, 0.25) is 0 Å². The molecule has 180 valence electrons. The molecule has 1 fully saturated rings. The number of pyridine rings is 1. The number of hydrogen-bond acceptors (Lipinski definition) is 3. The van der Waals surface area contributed by atoms with Crippen LogP contribution in [-0.2, 0) is 17.5 Å². The number of fused-ring (bicyclic) bond motifs is 1. The first-order chi connectivity index (χ1) is 16.7. The van der Waals surface area contributed by atoms with Gasteiger partial charge in [-0.15, -0.1) is 0 Å². The van der Waals surface area contributed by atoms with E-state index in [-0.39, 0.29) is 45.3 Å². The van der Waals surface area contributed by atoms with Crippen LogP contribution in [0.25, 0.3) is 22.0 Å². The van der Waals surface area contributed by atoms with Crippen molar-refractivity contribution < 1.29 is 22.2 Å². The van der Waals surface area contributed by atoms with Gasteiger partial charge in [0.1, 0.15) is 34.1 Å². The lowest BCUT2D eigenvalue weighted by Gasteiger charge is -2.13. The molecule has 2 aromatic heterocycles. The Kier molecular flexibility index (Phi) is 5.84. The summed E-state index contributed by atoms with van der Waals surface area (Å²) >= 11 is 0. The highest BCUT2D eigenvalue weighted by Crippen LogP contribution is 2.36. The highest BCUT2D eigenvalue weighted by Gasteiger charge is 2.33. The molecule has 35 heavy (non-hydrogen) atoms. The van der Waals surface area contributed by atoms with E-state index in [1.807, 2.05) is 0 Å². The smallest absolute Gasteiger partial charge is 0.280 e. The van der Waals surface area contributed by atoms with E-state index in [0.717, 1.165) is 18.2 Å². The van der Waals surface area contributed by atoms with E-state index in [1.165, 1.54) is 29.0 Å². The van der Waals surface area contributed by atoms with Crippen LogP contribution in [0.3, 0.4) is 0 Å². The number of nitrogens with one attached hydrogen (secondary N) is 2. The summed E-state index contributed by atoms with van der Waals surface area (Å²) in [4.78, 5) is 28.8. The number of hydrogen-bond donors (Lipinski definition) is 2. The van der Waals surface area contributed by atoms with Gasteiger partial charge in [0, 0.05) is 28.3 Å². The Morgan fingerprint density at radius 1 is 1.14 bits per heavy atom. The molecule has 1 amide bonds. The van der Waals surface area contributed by atoms with Gasteiger partial charge < -0.3 is 9.55 Å². The fourth-order valence-electron chi connectivity index (χ4n) is 4.11. The topological polar surface area (TPSA) is 84.0 Å². The van der Waals surface area contributed by atoms with Gasteiger partial charge in [-0.1, -0.05) is 0 Å². The molecule has 1 unspecified atom stereocenters. The molecule has 0 saturated heterocycles. The molecule has 2 N–H and O–H groups in total. The van der Waals surface area contributed by atoms with Gasteiger partial charge >= 0.3 is 0 Å². The van der Waals surface area contributed by atoms with Gasteiger partial charge in [-0.3, -0.25) is 14.3 Å². The maximum atomic E-state index is 14.7. The van der Waals surface area contributed by atoms with Crippen molar-refractivity contribution in [2.24, 2.45) is 0 Å². The van der Waals surface area contributed by atoms with Crippen LogP contribution < -0.4 is 10.3 Å². The van der Waals surface area contributed by atoms with Gasteiger partial charge in [0.05, 0.1) is 17.3 Å². The predicted octanol–water partition coefficient (Wildman–Crippen LogP) is 4.33. The minimum atomic E-state index is -1.66. The molecule has 2 aromatic carbocycles. The molecule has 0 radical (unpaired) electrons. The third kappa shape index (κ3) is 4.29. The van der Waals surface area contributed by atoms with Crippen molar-refractivity contribution in [3.63, 3.8) is 0 Å². The van der Waals surface area contributed by atoms with Gasteiger partial charge in [-0.25, -0.2) is 17.4 Å². The Morgan fingerprint density at radius 2 is 1.91 bits per heavy atom. The van der Waals surface area contributed by atoms with Gasteiger partial charge in [0.15, 0.2) is 0 Å². The van der Waals surface area contributed by atoms with Crippen molar-refractivity contribution >= 4 is 27.8 Å². The third-order valence-corrected chi connectivity index (χ3v) is 7.47. The summed E-state index contributed by atoms with van der Waals surface area (Å²) in [5.41, 5.74) is 0.124. The van der Waals surface area contributed by atoms with Gasteiger partial charge in [0.2, 0.25) is 0 Å². The summed E-state index contributed by atoms with van der Waals surface area (Å²) in [6.07, 6.45) is 2.85. The number of aryl methyl sites for hydroxylation is 1. The van der Waals surface area contributed by atoms with Crippen LogP contribution in [0, 0.1) is 24.4 Å². The highest BCUT2D eigenvalue weighted by molar-refractivity contribution is 7.84. The average molecular weight is 500 g/mol. The highest BCUT2D eigenvalue weighted by atomic mass is 32.2. The Hall–Kier alpha value is -3.66. The van der Waals surface area contributed by atoms with Crippen molar-refractivity contribution in [3.05, 3.63) is 93.3 Å². The quantitative estimate of drug-likeness (QED) is 0.414.